The molecule has 0 saturated carbocycles. The first-order valence-electron chi connectivity index (χ1n) is 9.68. The van der Waals surface area contributed by atoms with Gasteiger partial charge < -0.3 is 23.5 Å². The number of methoxy groups -OCH3 is 1. The molecule has 0 spiro atoms. The lowest BCUT2D eigenvalue weighted by Crippen LogP contribution is -2.16. The lowest BCUT2D eigenvalue weighted by Gasteiger charge is -2.18. The summed E-state index contributed by atoms with van der Waals surface area (Å²) in [5.41, 5.74) is 1.20. The van der Waals surface area contributed by atoms with Crippen LogP contribution in [0.2, 0.25) is 0 Å². The van der Waals surface area contributed by atoms with Gasteiger partial charge in [0.05, 0.1) is 13.5 Å². The predicted molar refractivity (Wildman–Crippen MR) is 107 cm³/mol. The minimum atomic E-state index is -0.532. The number of Topliss-reactive ketones (excluding diaryl/α,β-unsaturated/α-hetero) is 1. The first-order chi connectivity index (χ1) is 15.1. The molecule has 160 valence electrons. The highest BCUT2D eigenvalue weighted by atomic mass is 16.6. The van der Waals surface area contributed by atoms with Gasteiger partial charge in [-0.1, -0.05) is 5.16 Å². The van der Waals surface area contributed by atoms with Crippen LogP contribution >= 0.6 is 0 Å². The molecule has 0 unspecified atom stereocenters. The van der Waals surface area contributed by atoms with Crippen LogP contribution in [0, 0.1) is 0 Å². The zero-order chi connectivity index (χ0) is 21.6. The van der Waals surface area contributed by atoms with Crippen molar-refractivity contribution < 1.29 is 33.1 Å². The minimum absolute atomic E-state index is 0.0133. The second-order valence-electron chi connectivity index (χ2n) is 6.68. The maximum atomic E-state index is 12.4. The summed E-state index contributed by atoms with van der Waals surface area (Å²) in [5.74, 6) is 1.68. The van der Waals surface area contributed by atoms with E-state index in [0.29, 0.717) is 41.9 Å². The van der Waals surface area contributed by atoms with Gasteiger partial charge in [-0.15, -0.1) is 0 Å². The Hall–Kier alpha value is -3.88. The van der Waals surface area contributed by atoms with Crippen molar-refractivity contribution in [3.63, 3.8) is 0 Å². The molecule has 0 saturated heterocycles. The van der Waals surface area contributed by atoms with E-state index in [0.717, 1.165) is 5.56 Å². The Morgan fingerprint density at radius 2 is 1.77 bits per heavy atom. The molecule has 3 aromatic rings. The summed E-state index contributed by atoms with van der Waals surface area (Å²) in [4.78, 5) is 28.6. The number of esters is 1. The van der Waals surface area contributed by atoms with Crippen molar-refractivity contribution in [2.24, 2.45) is 0 Å². The zero-order valence-corrected chi connectivity index (χ0v) is 16.8. The van der Waals surface area contributed by atoms with Crippen molar-refractivity contribution in [1.82, 2.24) is 10.1 Å². The monoisotopic (exact) mass is 424 g/mol. The van der Waals surface area contributed by atoms with E-state index in [2.05, 4.69) is 10.1 Å². The van der Waals surface area contributed by atoms with E-state index in [1.807, 2.05) is 0 Å². The third-order valence-corrected chi connectivity index (χ3v) is 4.59. The second-order valence-corrected chi connectivity index (χ2v) is 6.68. The molecule has 2 aromatic carbocycles. The van der Waals surface area contributed by atoms with Crippen molar-refractivity contribution in [2.45, 2.75) is 19.4 Å². The molecule has 4 rings (SSSR count). The summed E-state index contributed by atoms with van der Waals surface area (Å²) in [6.45, 7) is 0.751. The quantitative estimate of drug-likeness (QED) is 0.397. The third-order valence-electron chi connectivity index (χ3n) is 4.59. The minimum Gasteiger partial charge on any atom is -0.497 e. The van der Waals surface area contributed by atoms with E-state index < -0.39 is 5.97 Å². The molecule has 0 radical (unpaired) electrons. The van der Waals surface area contributed by atoms with E-state index in [4.69, 9.17) is 23.5 Å². The van der Waals surface area contributed by atoms with Crippen LogP contribution in [0.3, 0.4) is 0 Å². The zero-order valence-electron chi connectivity index (χ0n) is 16.8. The van der Waals surface area contributed by atoms with Crippen molar-refractivity contribution >= 4 is 11.8 Å². The van der Waals surface area contributed by atoms with Gasteiger partial charge in [0.15, 0.2) is 23.9 Å². The van der Waals surface area contributed by atoms with E-state index in [-0.39, 0.29) is 31.1 Å². The van der Waals surface area contributed by atoms with Gasteiger partial charge in [-0.3, -0.25) is 9.59 Å². The van der Waals surface area contributed by atoms with Crippen LogP contribution in [0.1, 0.15) is 29.1 Å². The smallest absolute Gasteiger partial charge is 0.306 e. The fourth-order valence-corrected chi connectivity index (χ4v) is 2.96. The number of rotatable bonds is 8. The van der Waals surface area contributed by atoms with E-state index in [1.54, 1.807) is 49.6 Å². The Kier molecular flexibility index (Phi) is 6.11. The summed E-state index contributed by atoms with van der Waals surface area (Å²) >= 11 is 0. The van der Waals surface area contributed by atoms with Crippen LogP contribution in [0.5, 0.6) is 17.2 Å². The highest BCUT2D eigenvalue weighted by Crippen LogP contribution is 2.31. The van der Waals surface area contributed by atoms with Crippen LogP contribution in [0.15, 0.2) is 47.0 Å². The first-order valence-corrected chi connectivity index (χ1v) is 9.68. The number of nitrogens with zero attached hydrogens (tertiary/aromatic N) is 2. The number of ether oxygens (including phenoxy) is 4. The molecule has 1 aliphatic rings. The topological polar surface area (TPSA) is 110 Å². The van der Waals surface area contributed by atoms with Gasteiger partial charge in [0, 0.05) is 17.5 Å². The van der Waals surface area contributed by atoms with Gasteiger partial charge in [-0.25, -0.2) is 0 Å². The van der Waals surface area contributed by atoms with Crippen LogP contribution in [-0.4, -0.2) is 42.2 Å². The summed E-state index contributed by atoms with van der Waals surface area (Å²) in [5, 5.41) is 3.87. The van der Waals surface area contributed by atoms with Crippen LogP contribution in [0.25, 0.3) is 11.4 Å². The molecule has 0 fully saturated rings. The number of hydrogen-bond donors (Lipinski definition) is 0. The Morgan fingerprint density at radius 1 is 1.00 bits per heavy atom. The first kappa shape index (κ1) is 20.4. The van der Waals surface area contributed by atoms with Crippen molar-refractivity contribution in [2.75, 3.05) is 20.3 Å². The van der Waals surface area contributed by atoms with Gasteiger partial charge in [-0.2, -0.15) is 4.98 Å². The molecule has 0 bridgehead atoms. The molecule has 0 aliphatic carbocycles. The predicted octanol–water partition coefficient (Wildman–Crippen LogP) is 3.22. The van der Waals surface area contributed by atoms with Crippen molar-refractivity contribution in [3.05, 3.63) is 53.9 Å². The summed E-state index contributed by atoms with van der Waals surface area (Å²) in [6, 6.07) is 12.1. The number of ketones is 1. The maximum absolute atomic E-state index is 12.4. The van der Waals surface area contributed by atoms with Gasteiger partial charge in [0.1, 0.15) is 19.0 Å². The highest BCUT2D eigenvalue weighted by molar-refractivity contribution is 5.98. The molecule has 9 nitrogen and oxygen atoms in total. The molecule has 1 aromatic heterocycles. The number of aromatic nitrogens is 2. The summed E-state index contributed by atoms with van der Waals surface area (Å²) in [7, 11) is 1.58. The molecule has 0 atom stereocenters. The second kappa shape index (κ2) is 9.29. The lowest BCUT2D eigenvalue weighted by molar-refractivity contribution is -0.145. The lowest BCUT2D eigenvalue weighted by atomic mass is 10.1. The number of carbonyl (C=O) groups is 2. The van der Waals surface area contributed by atoms with Crippen LogP contribution in [0.4, 0.5) is 0 Å². The normalized spacial score (nSPS) is 12.3. The van der Waals surface area contributed by atoms with Crippen LogP contribution < -0.4 is 14.2 Å². The van der Waals surface area contributed by atoms with E-state index in [1.165, 1.54) is 0 Å². The Bertz CT molecular complexity index is 1080. The number of fused-ring (bicyclic) bond motifs is 1. The molecular weight excluding hydrogens is 404 g/mol. The van der Waals surface area contributed by atoms with Crippen LogP contribution in [-0.2, 0) is 16.1 Å². The molecule has 31 heavy (non-hydrogen) atoms. The number of benzene rings is 2. The molecular formula is C22H20N2O7. The van der Waals surface area contributed by atoms with Crippen molar-refractivity contribution in [1.29, 1.82) is 0 Å². The SMILES string of the molecule is COc1ccc(-c2noc(COC(=O)CCC(=O)c3ccc4c(c3)OCCO4)n2)cc1. The van der Waals surface area contributed by atoms with E-state index in [9.17, 15) is 9.59 Å². The van der Waals surface area contributed by atoms with E-state index >= 15 is 0 Å². The number of hydrogen-bond acceptors (Lipinski definition) is 9. The fraction of sp³-hybridized carbons (Fsp3) is 0.273. The Labute approximate surface area is 177 Å². The maximum Gasteiger partial charge on any atom is 0.306 e. The van der Waals surface area contributed by atoms with Gasteiger partial charge in [0.25, 0.3) is 5.89 Å². The van der Waals surface area contributed by atoms with Gasteiger partial charge in [0.2, 0.25) is 5.82 Å². The van der Waals surface area contributed by atoms with Crippen molar-refractivity contribution in [3.8, 4) is 28.6 Å². The molecule has 0 amide bonds. The molecule has 9 heteroatoms. The van der Waals surface area contributed by atoms with Gasteiger partial charge in [-0.05, 0) is 42.5 Å². The summed E-state index contributed by atoms with van der Waals surface area (Å²) < 4.78 is 26.3. The Balaban J connectivity index is 1.26. The van der Waals surface area contributed by atoms with Gasteiger partial charge >= 0.3 is 5.97 Å². The third kappa shape index (κ3) is 5.00. The standard InChI is InChI=1S/C22H20N2O7/c1-27-16-5-2-14(3-6-16)22-23-20(31-24-22)13-30-21(26)9-7-17(25)15-4-8-18-19(12-15)29-11-10-28-18/h2-6,8,12H,7,9-11,13H2,1H3. The summed E-state index contributed by atoms with van der Waals surface area (Å²) in [6.07, 6.45) is -0.0494. The Morgan fingerprint density at radius 3 is 2.55 bits per heavy atom. The fourth-order valence-electron chi connectivity index (χ4n) is 2.96. The largest absolute Gasteiger partial charge is 0.497 e. The molecule has 1 aliphatic heterocycles. The highest BCUT2D eigenvalue weighted by Gasteiger charge is 2.17. The molecule has 2 heterocycles. The number of carbonyl (C=O) groups excluding carboxylic acids is 2. The molecule has 0 N–H and O–H groups in total. The average Bonchev–Trinajstić information content (AvgIpc) is 3.30. The average molecular weight is 424 g/mol.